The van der Waals surface area contributed by atoms with Gasteiger partial charge >= 0.3 is 0 Å². The summed E-state index contributed by atoms with van der Waals surface area (Å²) in [7, 11) is 0. The average Bonchev–Trinajstić information content (AvgIpc) is 2.16. The molecule has 2 N–H and O–H groups in total. The third-order valence-electron chi connectivity index (χ3n) is 1.61. The zero-order chi connectivity index (χ0) is 9.94. The van der Waals surface area contributed by atoms with E-state index in [0.29, 0.717) is 13.0 Å². The van der Waals surface area contributed by atoms with Gasteiger partial charge < -0.3 is 0 Å². The predicted octanol–water partition coefficient (Wildman–Crippen LogP) is 0.778. The first-order chi connectivity index (χ1) is 6.31. The van der Waals surface area contributed by atoms with Gasteiger partial charge in [-0.3, -0.25) is 10.0 Å². The highest BCUT2D eigenvalue weighted by Crippen LogP contribution is 2.02. The Morgan fingerprint density at radius 1 is 1.31 bits per heavy atom. The molecule has 0 aliphatic carbocycles. The summed E-state index contributed by atoms with van der Waals surface area (Å²) in [4.78, 5) is 23.6. The highest BCUT2D eigenvalue weighted by molar-refractivity contribution is 5.74. The number of carbonyl (C=O) groups excluding carboxylic acids is 2. The Labute approximate surface area is 76.8 Å². The topological polar surface area (TPSA) is 78.8 Å². The lowest BCUT2D eigenvalue weighted by Crippen LogP contribution is -2.17. The van der Waals surface area contributed by atoms with E-state index in [4.69, 9.17) is 5.21 Å². The van der Waals surface area contributed by atoms with E-state index in [2.05, 4.69) is 4.99 Å². The molecule has 0 heterocycles. The first-order valence-electron chi connectivity index (χ1n) is 4.28. The smallest absolute Gasteiger partial charge is 0.243 e. The lowest BCUT2D eigenvalue weighted by molar-refractivity contribution is -0.129. The molecule has 0 unspecified atom stereocenters. The van der Waals surface area contributed by atoms with E-state index < -0.39 is 0 Å². The van der Waals surface area contributed by atoms with Crippen molar-refractivity contribution < 1.29 is 14.8 Å². The number of aliphatic imine (C=N–C) groups is 1. The molecule has 74 valence electrons. The van der Waals surface area contributed by atoms with Gasteiger partial charge in [-0.15, -0.1) is 0 Å². The second-order valence-electron chi connectivity index (χ2n) is 2.67. The molecule has 0 aromatic heterocycles. The molecule has 0 radical (unpaired) electrons. The lowest BCUT2D eigenvalue weighted by Gasteiger charge is -1.98. The molecule has 5 nitrogen and oxygen atoms in total. The van der Waals surface area contributed by atoms with E-state index in [1.807, 2.05) is 0 Å². The van der Waals surface area contributed by atoms with Crippen LogP contribution >= 0.6 is 0 Å². The van der Waals surface area contributed by atoms with Crippen molar-refractivity contribution in [3.05, 3.63) is 0 Å². The van der Waals surface area contributed by atoms with Crippen molar-refractivity contribution >= 4 is 12.0 Å². The highest BCUT2D eigenvalue weighted by Gasteiger charge is 1.97. The largest absolute Gasteiger partial charge is 0.289 e. The van der Waals surface area contributed by atoms with Gasteiger partial charge in [-0.25, -0.2) is 15.3 Å². The maximum absolute atomic E-state index is 10.5. The number of carbonyl (C=O) groups is 1. The lowest BCUT2D eigenvalue weighted by atomic mass is 10.1. The minimum atomic E-state index is -0.356. The number of isocyanates is 1. The quantitative estimate of drug-likeness (QED) is 0.203. The van der Waals surface area contributed by atoms with Crippen LogP contribution in [0.3, 0.4) is 0 Å². The van der Waals surface area contributed by atoms with Gasteiger partial charge in [0.15, 0.2) is 0 Å². The van der Waals surface area contributed by atoms with Crippen LogP contribution in [-0.4, -0.2) is 23.7 Å². The fraction of sp³-hybridized carbons (Fsp3) is 0.750. The number of amides is 1. The van der Waals surface area contributed by atoms with Gasteiger partial charge in [0, 0.05) is 6.42 Å². The van der Waals surface area contributed by atoms with E-state index in [9.17, 15) is 9.59 Å². The molecule has 0 aliphatic heterocycles. The Kier molecular flexibility index (Phi) is 8.09. The van der Waals surface area contributed by atoms with Gasteiger partial charge in [-0.2, -0.15) is 0 Å². The predicted molar refractivity (Wildman–Crippen MR) is 46.0 cm³/mol. The summed E-state index contributed by atoms with van der Waals surface area (Å²) >= 11 is 0. The Morgan fingerprint density at radius 2 is 2.00 bits per heavy atom. The number of hydrogen-bond donors (Lipinski definition) is 2. The van der Waals surface area contributed by atoms with E-state index >= 15 is 0 Å². The van der Waals surface area contributed by atoms with Crippen LogP contribution < -0.4 is 5.48 Å². The molecular formula is C8H14N2O3. The summed E-state index contributed by atoms with van der Waals surface area (Å²) in [6.45, 7) is 0.510. The van der Waals surface area contributed by atoms with E-state index in [1.165, 1.54) is 6.08 Å². The Morgan fingerprint density at radius 3 is 2.62 bits per heavy atom. The van der Waals surface area contributed by atoms with Crippen LogP contribution in [0.4, 0.5) is 0 Å². The second kappa shape index (κ2) is 8.90. The standard InChI is InChI=1S/C8H14N2O3/c11-7-9-6-4-2-1-3-5-8(12)10-13/h13H,1-6H2,(H,10,12). The molecule has 0 atom stereocenters. The fourth-order valence-electron chi connectivity index (χ4n) is 0.932. The first kappa shape index (κ1) is 11.8. The zero-order valence-electron chi connectivity index (χ0n) is 7.45. The summed E-state index contributed by atoms with van der Waals surface area (Å²) in [6.07, 6.45) is 5.23. The summed E-state index contributed by atoms with van der Waals surface area (Å²) < 4.78 is 0. The van der Waals surface area contributed by atoms with Gasteiger partial charge in [0.05, 0.1) is 6.54 Å². The van der Waals surface area contributed by atoms with Crippen molar-refractivity contribution in [3.63, 3.8) is 0 Å². The molecule has 0 aromatic rings. The number of nitrogens with one attached hydrogen (secondary N) is 1. The minimum absolute atomic E-state index is 0.341. The van der Waals surface area contributed by atoms with Crippen molar-refractivity contribution in [1.82, 2.24) is 5.48 Å². The van der Waals surface area contributed by atoms with Gasteiger partial charge in [-0.05, 0) is 12.8 Å². The Balaban J connectivity index is 3.08. The zero-order valence-corrected chi connectivity index (χ0v) is 7.45. The number of hydroxylamine groups is 1. The van der Waals surface area contributed by atoms with Gasteiger partial charge in [0.1, 0.15) is 0 Å². The molecule has 0 spiro atoms. The summed E-state index contributed by atoms with van der Waals surface area (Å²) in [6, 6.07) is 0. The van der Waals surface area contributed by atoms with Crippen molar-refractivity contribution in [2.24, 2.45) is 4.99 Å². The molecular weight excluding hydrogens is 172 g/mol. The SMILES string of the molecule is O=C=NCCCCCCC(=O)NO. The van der Waals surface area contributed by atoms with Gasteiger partial charge in [-0.1, -0.05) is 12.8 Å². The van der Waals surface area contributed by atoms with Crippen LogP contribution in [0.15, 0.2) is 4.99 Å². The molecule has 5 heteroatoms. The van der Waals surface area contributed by atoms with Crippen LogP contribution in [0.2, 0.25) is 0 Å². The molecule has 13 heavy (non-hydrogen) atoms. The van der Waals surface area contributed by atoms with Crippen molar-refractivity contribution in [3.8, 4) is 0 Å². The molecule has 0 bridgehead atoms. The van der Waals surface area contributed by atoms with Crippen LogP contribution in [0.25, 0.3) is 0 Å². The number of unbranched alkanes of at least 4 members (excludes halogenated alkanes) is 3. The molecule has 0 saturated heterocycles. The average molecular weight is 186 g/mol. The fourth-order valence-corrected chi connectivity index (χ4v) is 0.932. The summed E-state index contributed by atoms with van der Waals surface area (Å²) in [5, 5.41) is 8.15. The second-order valence-corrected chi connectivity index (χ2v) is 2.67. The normalized spacial score (nSPS) is 9.00. The van der Waals surface area contributed by atoms with Crippen molar-refractivity contribution in [1.29, 1.82) is 0 Å². The third kappa shape index (κ3) is 8.72. The van der Waals surface area contributed by atoms with Crippen LogP contribution in [0, 0.1) is 0 Å². The monoisotopic (exact) mass is 186 g/mol. The van der Waals surface area contributed by atoms with E-state index in [1.54, 1.807) is 5.48 Å². The van der Waals surface area contributed by atoms with E-state index in [0.717, 1.165) is 25.7 Å². The number of rotatable bonds is 7. The highest BCUT2D eigenvalue weighted by atomic mass is 16.5. The molecule has 0 saturated carbocycles. The third-order valence-corrected chi connectivity index (χ3v) is 1.61. The summed E-state index contributed by atoms with van der Waals surface area (Å²) in [5.74, 6) is -0.356. The maximum Gasteiger partial charge on any atom is 0.243 e. The Hall–Kier alpha value is -1.19. The van der Waals surface area contributed by atoms with Crippen LogP contribution in [-0.2, 0) is 9.59 Å². The summed E-state index contributed by atoms with van der Waals surface area (Å²) in [5.41, 5.74) is 1.57. The first-order valence-corrected chi connectivity index (χ1v) is 4.28. The van der Waals surface area contributed by atoms with Crippen molar-refractivity contribution in [2.75, 3.05) is 6.54 Å². The number of hydrogen-bond acceptors (Lipinski definition) is 4. The Bertz CT molecular complexity index is 188. The molecule has 1 amide bonds. The molecule has 0 rings (SSSR count). The number of nitrogens with zero attached hydrogens (tertiary/aromatic N) is 1. The van der Waals surface area contributed by atoms with Crippen LogP contribution in [0.1, 0.15) is 32.1 Å². The van der Waals surface area contributed by atoms with Crippen LogP contribution in [0.5, 0.6) is 0 Å². The molecule has 0 aliphatic rings. The molecule has 0 fully saturated rings. The van der Waals surface area contributed by atoms with E-state index in [-0.39, 0.29) is 5.91 Å². The molecule has 0 aromatic carbocycles. The maximum atomic E-state index is 10.5. The van der Waals surface area contributed by atoms with Gasteiger partial charge in [0.2, 0.25) is 12.0 Å². The minimum Gasteiger partial charge on any atom is -0.289 e. The van der Waals surface area contributed by atoms with Crippen molar-refractivity contribution in [2.45, 2.75) is 32.1 Å². The van der Waals surface area contributed by atoms with Gasteiger partial charge in [0.25, 0.3) is 0 Å².